The van der Waals surface area contributed by atoms with Crippen LogP contribution in [0.5, 0.6) is 0 Å². The fourth-order valence-electron chi connectivity index (χ4n) is 4.16. The summed E-state index contributed by atoms with van der Waals surface area (Å²) in [5, 5.41) is 3.30. The van der Waals surface area contributed by atoms with Crippen molar-refractivity contribution in [3.63, 3.8) is 0 Å². The number of hydrogen-bond donors (Lipinski definition) is 3. The minimum Gasteiger partial charge on any atom is -0.365 e. The lowest BCUT2D eigenvalue weighted by molar-refractivity contribution is -0.125. The van der Waals surface area contributed by atoms with Crippen molar-refractivity contribution in [2.75, 3.05) is 20.6 Å². The fraction of sp³-hybridized carbons (Fsp3) is 0.737. The van der Waals surface area contributed by atoms with Crippen LogP contribution in [0.2, 0.25) is 0 Å². The Labute approximate surface area is 165 Å². The molecule has 2 aliphatic rings. The third-order valence-electron chi connectivity index (χ3n) is 6.46. The number of rotatable bonds is 8. The molecule has 3 N–H and O–H groups in total. The molecule has 5 atom stereocenters. The monoisotopic (exact) mass is 398 g/mol. The summed E-state index contributed by atoms with van der Waals surface area (Å²) in [6.45, 7) is 17.9. The highest BCUT2D eigenvalue weighted by atomic mass is 32.2. The van der Waals surface area contributed by atoms with E-state index < -0.39 is 22.7 Å². The Morgan fingerprint density at radius 2 is 1.93 bits per heavy atom. The molecule has 5 unspecified atom stereocenters. The van der Waals surface area contributed by atoms with Crippen LogP contribution in [-0.2, 0) is 16.1 Å². The molecule has 1 saturated carbocycles. The van der Waals surface area contributed by atoms with Crippen LogP contribution in [0.4, 0.5) is 0 Å². The van der Waals surface area contributed by atoms with Gasteiger partial charge in [-0.25, -0.2) is 8.93 Å². The molecule has 2 rings (SSSR count). The molecule has 8 heteroatoms. The summed E-state index contributed by atoms with van der Waals surface area (Å²) >= 11 is -2.37. The molecule has 0 bridgehead atoms. The van der Waals surface area contributed by atoms with Crippen molar-refractivity contribution in [2.24, 2.45) is 11.8 Å². The van der Waals surface area contributed by atoms with Gasteiger partial charge < -0.3 is 15.1 Å². The lowest BCUT2D eigenvalue weighted by atomic mass is 9.98. The molecule has 0 aromatic rings. The number of carbonyl (C=O) groups is 1. The number of nitrogens with one attached hydrogen (secondary N) is 2. The van der Waals surface area contributed by atoms with Crippen LogP contribution < -0.4 is 10.0 Å². The summed E-state index contributed by atoms with van der Waals surface area (Å²) in [6.07, 6.45) is 1.57. The van der Waals surface area contributed by atoms with Gasteiger partial charge in [-0.3, -0.25) is 9.35 Å². The first-order valence-electron chi connectivity index (χ1n) is 9.38. The van der Waals surface area contributed by atoms with Crippen LogP contribution in [0.15, 0.2) is 24.6 Å². The maximum absolute atomic E-state index is 12.6. The normalized spacial score (nSPS) is 31.4. The highest BCUT2D eigenvalue weighted by molar-refractivity contribution is 7.77. The molecule has 1 amide bonds. The van der Waals surface area contributed by atoms with Gasteiger partial charge in [0.1, 0.15) is 5.54 Å². The Balaban J connectivity index is 2.25. The molecule has 1 saturated heterocycles. The van der Waals surface area contributed by atoms with Crippen molar-refractivity contribution in [3.8, 4) is 0 Å². The molecular formula is C19H34N4O3S. The highest BCUT2D eigenvalue weighted by Gasteiger charge is 2.61. The summed E-state index contributed by atoms with van der Waals surface area (Å²) in [5.74, 6) is 0.148. The maximum Gasteiger partial charge on any atom is 0.261 e. The van der Waals surface area contributed by atoms with Gasteiger partial charge in [0.05, 0.1) is 11.6 Å². The molecule has 0 radical (unpaired) electrons. The second-order valence-corrected chi connectivity index (χ2v) is 9.29. The van der Waals surface area contributed by atoms with E-state index in [1.54, 1.807) is 0 Å². The topological polar surface area (TPSA) is 84.9 Å². The van der Waals surface area contributed by atoms with Gasteiger partial charge in [-0.1, -0.05) is 27.0 Å². The van der Waals surface area contributed by atoms with Crippen molar-refractivity contribution in [2.45, 2.75) is 57.7 Å². The van der Waals surface area contributed by atoms with Crippen molar-refractivity contribution < 1.29 is 13.6 Å². The van der Waals surface area contributed by atoms with E-state index in [0.717, 1.165) is 24.4 Å². The summed E-state index contributed by atoms with van der Waals surface area (Å²) in [7, 11) is 3.78. The number of nitrogens with zero attached hydrogens (tertiary/aromatic N) is 2. The lowest BCUT2D eigenvalue weighted by Gasteiger charge is -2.42. The van der Waals surface area contributed by atoms with E-state index in [0.29, 0.717) is 12.3 Å². The van der Waals surface area contributed by atoms with Gasteiger partial charge in [-0.2, -0.15) is 0 Å². The Kier molecular flexibility index (Phi) is 6.14. The summed E-state index contributed by atoms with van der Waals surface area (Å²) < 4.78 is 22.3. The smallest absolute Gasteiger partial charge is 0.261 e. The number of hydrogen-bond acceptors (Lipinski definition) is 5. The molecular weight excluding hydrogens is 364 g/mol. The predicted molar refractivity (Wildman–Crippen MR) is 109 cm³/mol. The van der Waals surface area contributed by atoms with Gasteiger partial charge in [0.15, 0.2) is 0 Å². The first kappa shape index (κ1) is 21.9. The fourth-order valence-corrected chi connectivity index (χ4v) is 4.49. The van der Waals surface area contributed by atoms with Crippen molar-refractivity contribution in [1.82, 2.24) is 19.8 Å². The van der Waals surface area contributed by atoms with Crippen LogP contribution in [0.1, 0.15) is 40.5 Å². The molecule has 0 aromatic heterocycles. The average Bonchev–Trinajstić information content (AvgIpc) is 3.12. The third-order valence-corrected chi connectivity index (χ3v) is 6.82. The molecule has 1 aliphatic carbocycles. The summed E-state index contributed by atoms with van der Waals surface area (Å²) in [5.41, 5.74) is 0.771. The molecule has 0 aromatic carbocycles. The number of likely N-dealkylation sites (tertiary alicyclic amines) is 1. The van der Waals surface area contributed by atoms with Gasteiger partial charge in [-0.15, -0.1) is 0 Å². The zero-order valence-corrected chi connectivity index (χ0v) is 18.2. The second kappa shape index (κ2) is 7.56. The quantitative estimate of drug-likeness (QED) is 0.540. The van der Waals surface area contributed by atoms with Gasteiger partial charge in [0, 0.05) is 25.0 Å². The molecule has 1 heterocycles. The zero-order chi connectivity index (χ0) is 20.7. The van der Waals surface area contributed by atoms with E-state index >= 15 is 0 Å². The van der Waals surface area contributed by atoms with Gasteiger partial charge in [0.2, 0.25) is 0 Å². The van der Waals surface area contributed by atoms with Crippen LogP contribution in [-0.4, -0.2) is 62.2 Å². The Morgan fingerprint density at radius 3 is 2.37 bits per heavy atom. The van der Waals surface area contributed by atoms with Gasteiger partial charge >= 0.3 is 0 Å². The van der Waals surface area contributed by atoms with Crippen molar-refractivity contribution in [3.05, 3.63) is 24.6 Å². The van der Waals surface area contributed by atoms with Crippen LogP contribution in [0.25, 0.3) is 0 Å². The highest BCUT2D eigenvalue weighted by Crippen LogP contribution is 2.50. The van der Waals surface area contributed by atoms with Crippen molar-refractivity contribution >= 4 is 17.2 Å². The first-order valence-corrected chi connectivity index (χ1v) is 10.5. The standard InChI is InChI=1S/C19H34N4O3S/c1-12-9-16(23(11-12)15(4)18(5,6)20-7)14(3)22(8)19(10-13(19)2)17(24)21-27(25)26/h12-13,16,20H,3-4,9-11H2,1-2,5-8H3,(H,21,24)(H,25,26). The minimum absolute atomic E-state index is 0.0437. The summed E-state index contributed by atoms with van der Waals surface area (Å²) in [6, 6.07) is 0.0437. The number of carbonyl (C=O) groups excluding carboxylic acids is 1. The van der Waals surface area contributed by atoms with Crippen molar-refractivity contribution in [1.29, 1.82) is 0 Å². The molecule has 154 valence electrons. The SMILES string of the molecule is C=C(C1CC(C)CN1C(=C)C(C)(C)NC)N(C)C1(C(=O)NS(=O)O)CC1C. The predicted octanol–water partition coefficient (Wildman–Crippen LogP) is 1.69. The van der Waals surface area contributed by atoms with E-state index in [4.69, 9.17) is 4.55 Å². The second-order valence-electron chi connectivity index (χ2n) is 8.59. The van der Waals surface area contributed by atoms with E-state index in [9.17, 15) is 9.00 Å². The van der Waals surface area contributed by atoms with E-state index in [1.807, 2.05) is 25.9 Å². The van der Waals surface area contributed by atoms with Crippen LogP contribution in [0, 0.1) is 11.8 Å². The Morgan fingerprint density at radius 1 is 1.37 bits per heavy atom. The average molecular weight is 399 g/mol. The van der Waals surface area contributed by atoms with E-state index in [2.05, 4.69) is 48.9 Å². The summed E-state index contributed by atoms with van der Waals surface area (Å²) in [4.78, 5) is 16.8. The Bertz CT molecular complexity index is 665. The largest absolute Gasteiger partial charge is 0.365 e. The van der Waals surface area contributed by atoms with Gasteiger partial charge in [0.25, 0.3) is 17.2 Å². The Hall–Kier alpha value is -1.38. The number of amides is 1. The third kappa shape index (κ3) is 3.93. The molecule has 7 nitrogen and oxygen atoms in total. The van der Waals surface area contributed by atoms with Crippen LogP contribution in [0.3, 0.4) is 0 Å². The molecule has 1 aliphatic heterocycles. The number of likely N-dealkylation sites (N-methyl/N-ethyl adjacent to an activating group) is 2. The maximum atomic E-state index is 12.6. The molecule has 2 fully saturated rings. The molecule has 27 heavy (non-hydrogen) atoms. The lowest BCUT2D eigenvalue weighted by Crippen LogP contribution is -2.52. The zero-order valence-electron chi connectivity index (χ0n) is 17.3. The van der Waals surface area contributed by atoms with Crippen LogP contribution >= 0.6 is 0 Å². The van der Waals surface area contributed by atoms with Gasteiger partial charge in [-0.05, 0) is 45.6 Å². The molecule has 0 spiro atoms. The van der Waals surface area contributed by atoms with E-state index in [-0.39, 0.29) is 17.5 Å². The van der Waals surface area contributed by atoms with E-state index in [1.165, 1.54) is 0 Å². The first-order chi connectivity index (χ1) is 12.4. The minimum atomic E-state index is -2.37.